The van der Waals surface area contributed by atoms with Crippen LogP contribution >= 0.6 is 11.3 Å². The van der Waals surface area contributed by atoms with Gasteiger partial charge in [-0.25, -0.2) is 0 Å². The van der Waals surface area contributed by atoms with Crippen LogP contribution in [0.25, 0.3) is 0 Å². The van der Waals surface area contributed by atoms with Crippen LogP contribution in [0.1, 0.15) is 57.8 Å². The first-order valence-corrected chi connectivity index (χ1v) is 10.4. The molecule has 4 N–H and O–H groups in total. The van der Waals surface area contributed by atoms with Crippen LogP contribution in [0, 0.1) is 0 Å². The molecule has 8 heteroatoms. The van der Waals surface area contributed by atoms with Crippen molar-refractivity contribution >= 4 is 45.5 Å². The molecular formula is C22H23N3O4S. The first kappa shape index (κ1) is 21.4. The highest BCUT2D eigenvalue weighted by atomic mass is 32.1. The number of fused-ring (bicyclic) bond motifs is 1. The highest BCUT2D eigenvalue weighted by molar-refractivity contribution is 7.17. The third-order valence-electron chi connectivity index (χ3n) is 4.91. The quantitative estimate of drug-likeness (QED) is 0.485. The molecule has 30 heavy (non-hydrogen) atoms. The Morgan fingerprint density at radius 2 is 1.67 bits per heavy atom. The van der Waals surface area contributed by atoms with E-state index in [9.17, 15) is 19.2 Å². The van der Waals surface area contributed by atoms with E-state index in [1.165, 1.54) is 31.3 Å². The minimum atomic E-state index is -0.558. The van der Waals surface area contributed by atoms with Gasteiger partial charge in [-0.05, 0) is 69.4 Å². The molecule has 7 nitrogen and oxygen atoms in total. The van der Waals surface area contributed by atoms with E-state index in [4.69, 9.17) is 5.73 Å². The maximum absolute atomic E-state index is 12.4. The van der Waals surface area contributed by atoms with Crippen molar-refractivity contribution in [2.45, 2.75) is 39.5 Å². The van der Waals surface area contributed by atoms with E-state index in [1.807, 2.05) is 0 Å². The second kappa shape index (κ2) is 9.04. The summed E-state index contributed by atoms with van der Waals surface area (Å²) in [5, 5.41) is 5.81. The molecule has 0 saturated carbocycles. The lowest BCUT2D eigenvalue weighted by molar-refractivity contribution is -0.114. The normalized spacial score (nSPS) is 13.3. The lowest BCUT2D eigenvalue weighted by Gasteiger charge is -2.11. The fraction of sp³-hybridized carbons (Fsp3) is 0.273. The molecular weight excluding hydrogens is 402 g/mol. The predicted molar refractivity (Wildman–Crippen MR) is 117 cm³/mol. The van der Waals surface area contributed by atoms with E-state index in [0.29, 0.717) is 21.8 Å². The molecule has 3 amide bonds. The SMILES string of the molecule is CC(=O)c1ccc(NC(=O)/C(C)=C\C(=O)Nc2sc3c(c2C(N)=O)CCCC3)cc1. The van der Waals surface area contributed by atoms with Crippen molar-refractivity contribution in [2.24, 2.45) is 5.73 Å². The number of nitrogens with two attached hydrogens (primary N) is 1. The van der Waals surface area contributed by atoms with E-state index < -0.39 is 17.7 Å². The van der Waals surface area contributed by atoms with Crippen molar-refractivity contribution in [1.82, 2.24) is 0 Å². The molecule has 0 radical (unpaired) electrons. The summed E-state index contributed by atoms with van der Waals surface area (Å²) in [5.74, 6) is -1.57. The second-order valence-corrected chi connectivity index (χ2v) is 8.29. The fourth-order valence-electron chi connectivity index (χ4n) is 3.34. The number of carbonyl (C=O) groups excluding carboxylic acids is 4. The van der Waals surface area contributed by atoms with E-state index in [0.717, 1.165) is 36.1 Å². The van der Waals surface area contributed by atoms with Gasteiger partial charge in [0.25, 0.3) is 11.8 Å². The van der Waals surface area contributed by atoms with Crippen LogP contribution in [0.4, 0.5) is 10.7 Å². The molecule has 0 saturated heterocycles. The molecule has 3 rings (SSSR count). The first-order valence-electron chi connectivity index (χ1n) is 9.62. The van der Waals surface area contributed by atoms with Gasteiger partial charge in [0.05, 0.1) is 5.56 Å². The first-order chi connectivity index (χ1) is 14.3. The summed E-state index contributed by atoms with van der Waals surface area (Å²) in [6, 6.07) is 6.48. The number of hydrogen-bond donors (Lipinski definition) is 3. The number of anilines is 2. The van der Waals surface area contributed by atoms with Gasteiger partial charge in [-0.15, -0.1) is 11.3 Å². The molecule has 0 unspecified atom stereocenters. The van der Waals surface area contributed by atoms with Gasteiger partial charge in [-0.1, -0.05) is 0 Å². The van der Waals surface area contributed by atoms with Crippen LogP contribution in [0.15, 0.2) is 35.9 Å². The van der Waals surface area contributed by atoms with Crippen LogP contribution in [-0.2, 0) is 22.4 Å². The maximum Gasteiger partial charge on any atom is 0.251 e. The minimum absolute atomic E-state index is 0.0637. The molecule has 0 aliphatic heterocycles. The molecule has 0 fully saturated rings. The Kier molecular flexibility index (Phi) is 6.47. The number of Topliss-reactive ketones (excluding diaryl/α,β-unsaturated/α-hetero) is 1. The largest absolute Gasteiger partial charge is 0.365 e. The van der Waals surface area contributed by atoms with Crippen LogP contribution in [-0.4, -0.2) is 23.5 Å². The number of ketones is 1. The van der Waals surface area contributed by atoms with Crippen molar-refractivity contribution in [2.75, 3.05) is 10.6 Å². The molecule has 1 heterocycles. The number of hydrogen-bond acceptors (Lipinski definition) is 5. The Labute approximate surface area is 178 Å². The zero-order valence-corrected chi connectivity index (χ0v) is 17.7. The van der Waals surface area contributed by atoms with Crippen molar-refractivity contribution in [3.05, 3.63) is 57.5 Å². The summed E-state index contributed by atoms with van der Waals surface area (Å²) in [6.07, 6.45) is 4.87. The van der Waals surface area contributed by atoms with Gasteiger partial charge in [0.2, 0.25) is 5.91 Å². The molecule has 2 aromatic rings. The van der Waals surface area contributed by atoms with Gasteiger partial charge in [-0.2, -0.15) is 0 Å². The third-order valence-corrected chi connectivity index (χ3v) is 6.12. The molecule has 0 bridgehead atoms. The Bertz CT molecular complexity index is 1050. The average Bonchev–Trinajstić information content (AvgIpc) is 3.06. The van der Waals surface area contributed by atoms with Crippen molar-refractivity contribution in [3.8, 4) is 0 Å². The summed E-state index contributed by atoms with van der Waals surface area (Å²) in [7, 11) is 0. The predicted octanol–water partition coefficient (Wildman–Crippen LogP) is 3.45. The maximum atomic E-state index is 12.4. The van der Waals surface area contributed by atoms with Crippen molar-refractivity contribution in [3.63, 3.8) is 0 Å². The van der Waals surface area contributed by atoms with Gasteiger partial charge >= 0.3 is 0 Å². The van der Waals surface area contributed by atoms with Crippen LogP contribution in [0.3, 0.4) is 0 Å². The standard InChI is InChI=1S/C22H23N3O4S/c1-12(21(29)24-15-9-7-14(8-10-15)13(2)26)11-18(27)25-22-19(20(23)28)16-5-3-4-6-17(16)30-22/h7-11H,3-6H2,1-2H3,(H2,23,28)(H,24,29)(H,25,27)/b12-11-. The average molecular weight is 426 g/mol. The molecule has 1 aromatic heterocycles. The van der Waals surface area contributed by atoms with Gasteiger partial charge in [0.15, 0.2) is 5.78 Å². The zero-order chi connectivity index (χ0) is 21.8. The van der Waals surface area contributed by atoms with Crippen LogP contribution < -0.4 is 16.4 Å². The zero-order valence-electron chi connectivity index (χ0n) is 16.8. The lowest BCUT2D eigenvalue weighted by Crippen LogP contribution is -2.19. The number of nitrogens with one attached hydrogen (secondary N) is 2. The Morgan fingerprint density at radius 1 is 1.00 bits per heavy atom. The summed E-state index contributed by atoms with van der Waals surface area (Å²) in [6.45, 7) is 2.99. The Morgan fingerprint density at radius 3 is 2.30 bits per heavy atom. The van der Waals surface area contributed by atoms with E-state index in [2.05, 4.69) is 10.6 Å². The summed E-state index contributed by atoms with van der Waals surface area (Å²) in [5.41, 5.74) is 8.11. The Hall–Kier alpha value is -3.26. The molecule has 156 valence electrons. The van der Waals surface area contributed by atoms with Gasteiger partial charge in [-0.3, -0.25) is 19.2 Å². The fourth-order valence-corrected chi connectivity index (χ4v) is 4.64. The van der Waals surface area contributed by atoms with E-state index in [1.54, 1.807) is 24.3 Å². The highest BCUT2D eigenvalue weighted by Crippen LogP contribution is 2.37. The number of carbonyl (C=O) groups is 4. The minimum Gasteiger partial charge on any atom is -0.365 e. The Balaban J connectivity index is 1.70. The summed E-state index contributed by atoms with van der Waals surface area (Å²) in [4.78, 5) is 49.1. The number of thiophene rings is 1. The van der Waals surface area contributed by atoms with Crippen molar-refractivity contribution < 1.29 is 19.2 Å². The third kappa shape index (κ3) is 4.83. The molecule has 1 aliphatic rings. The monoisotopic (exact) mass is 425 g/mol. The number of benzene rings is 1. The summed E-state index contributed by atoms with van der Waals surface area (Å²) < 4.78 is 0. The van der Waals surface area contributed by atoms with Crippen LogP contribution in [0.2, 0.25) is 0 Å². The van der Waals surface area contributed by atoms with Crippen LogP contribution in [0.5, 0.6) is 0 Å². The molecule has 0 atom stereocenters. The topological polar surface area (TPSA) is 118 Å². The number of aryl methyl sites for hydroxylation is 1. The molecule has 1 aliphatic carbocycles. The summed E-state index contributed by atoms with van der Waals surface area (Å²) >= 11 is 1.37. The lowest BCUT2D eigenvalue weighted by atomic mass is 9.95. The van der Waals surface area contributed by atoms with Crippen molar-refractivity contribution in [1.29, 1.82) is 0 Å². The highest BCUT2D eigenvalue weighted by Gasteiger charge is 2.24. The molecule has 1 aromatic carbocycles. The molecule has 0 spiro atoms. The van der Waals surface area contributed by atoms with Gasteiger partial charge in [0.1, 0.15) is 5.00 Å². The smallest absolute Gasteiger partial charge is 0.251 e. The number of primary amides is 1. The number of amides is 3. The van der Waals surface area contributed by atoms with E-state index in [-0.39, 0.29) is 11.4 Å². The number of rotatable bonds is 6. The van der Waals surface area contributed by atoms with E-state index >= 15 is 0 Å². The second-order valence-electron chi connectivity index (χ2n) is 7.18. The van der Waals surface area contributed by atoms with Gasteiger partial charge < -0.3 is 16.4 Å². The van der Waals surface area contributed by atoms with Gasteiger partial charge in [0, 0.05) is 27.8 Å².